The molecule has 0 atom stereocenters. The molecular formula is C8H17NO. The first kappa shape index (κ1) is 9.63. The minimum atomic E-state index is 0.463. The van der Waals surface area contributed by atoms with Crippen molar-refractivity contribution in [3.63, 3.8) is 0 Å². The fourth-order valence-corrected chi connectivity index (χ4v) is 1.10. The molecule has 0 aliphatic rings. The summed E-state index contributed by atoms with van der Waals surface area (Å²) in [5.41, 5.74) is 0. The highest BCUT2D eigenvalue weighted by Crippen LogP contribution is 2.01. The molecule has 0 spiro atoms. The average Bonchev–Trinajstić information content (AvgIpc) is 1.81. The Morgan fingerprint density at radius 1 is 1.20 bits per heavy atom. The molecule has 0 aromatic carbocycles. The van der Waals surface area contributed by atoms with E-state index in [1.54, 1.807) is 0 Å². The fraction of sp³-hybridized carbons (Fsp3) is 0.875. The number of aldehydes is 1. The van der Waals surface area contributed by atoms with Gasteiger partial charge in [-0.2, -0.15) is 0 Å². The van der Waals surface area contributed by atoms with E-state index in [2.05, 4.69) is 32.6 Å². The van der Waals surface area contributed by atoms with E-state index < -0.39 is 0 Å². The predicted octanol–water partition coefficient (Wildman–Crippen LogP) is 1.30. The van der Waals surface area contributed by atoms with Crippen LogP contribution in [0.15, 0.2) is 0 Å². The third-order valence-electron chi connectivity index (χ3n) is 1.61. The molecule has 0 saturated heterocycles. The van der Waals surface area contributed by atoms with Gasteiger partial charge in [0.2, 0.25) is 0 Å². The van der Waals surface area contributed by atoms with Crippen molar-refractivity contribution in [2.24, 2.45) is 0 Å². The Labute approximate surface area is 63.2 Å². The Balaban J connectivity index is 3.84. The highest BCUT2D eigenvalue weighted by Gasteiger charge is 2.11. The monoisotopic (exact) mass is 143 g/mol. The quantitative estimate of drug-likeness (QED) is 0.553. The molecule has 0 aromatic rings. The van der Waals surface area contributed by atoms with Crippen molar-refractivity contribution in [3.8, 4) is 0 Å². The van der Waals surface area contributed by atoms with Crippen molar-refractivity contribution in [1.82, 2.24) is 4.90 Å². The van der Waals surface area contributed by atoms with Crippen molar-refractivity contribution < 1.29 is 4.79 Å². The zero-order valence-electron chi connectivity index (χ0n) is 7.29. The molecule has 0 amide bonds. The van der Waals surface area contributed by atoms with Crippen molar-refractivity contribution in [3.05, 3.63) is 0 Å². The largest absolute Gasteiger partial charge is 0.302 e. The minimum absolute atomic E-state index is 0.463. The van der Waals surface area contributed by atoms with Crippen LogP contribution in [-0.2, 0) is 4.79 Å². The van der Waals surface area contributed by atoms with E-state index >= 15 is 0 Å². The molecule has 0 bridgehead atoms. The van der Waals surface area contributed by atoms with Gasteiger partial charge in [-0.25, -0.2) is 0 Å². The second-order valence-electron chi connectivity index (χ2n) is 3.05. The molecule has 0 fully saturated rings. The SMILES string of the molecule is CC(C)N(CC=O)C(C)C. The lowest BCUT2D eigenvalue weighted by Crippen LogP contribution is -2.38. The van der Waals surface area contributed by atoms with Gasteiger partial charge in [-0.1, -0.05) is 0 Å². The highest BCUT2D eigenvalue weighted by molar-refractivity contribution is 5.52. The summed E-state index contributed by atoms with van der Waals surface area (Å²) in [7, 11) is 0. The smallest absolute Gasteiger partial charge is 0.133 e. The molecular weight excluding hydrogens is 126 g/mol. The van der Waals surface area contributed by atoms with E-state index in [1.165, 1.54) is 0 Å². The molecule has 0 saturated carbocycles. The first-order valence-corrected chi connectivity index (χ1v) is 3.79. The van der Waals surface area contributed by atoms with E-state index in [0.717, 1.165) is 6.29 Å². The van der Waals surface area contributed by atoms with Crippen molar-refractivity contribution in [1.29, 1.82) is 0 Å². The van der Waals surface area contributed by atoms with Crippen LogP contribution < -0.4 is 0 Å². The topological polar surface area (TPSA) is 20.3 Å². The van der Waals surface area contributed by atoms with Crippen molar-refractivity contribution in [2.75, 3.05) is 6.54 Å². The van der Waals surface area contributed by atoms with Crippen LogP contribution in [0.5, 0.6) is 0 Å². The maximum Gasteiger partial charge on any atom is 0.133 e. The van der Waals surface area contributed by atoms with Crippen LogP contribution in [0.2, 0.25) is 0 Å². The summed E-state index contributed by atoms with van der Waals surface area (Å²) in [4.78, 5) is 12.3. The summed E-state index contributed by atoms with van der Waals surface area (Å²) in [6, 6.07) is 0.926. The van der Waals surface area contributed by atoms with E-state index in [0.29, 0.717) is 18.6 Å². The maximum absolute atomic E-state index is 10.2. The van der Waals surface area contributed by atoms with Crippen LogP contribution in [0.3, 0.4) is 0 Å². The normalized spacial score (nSPS) is 11.5. The predicted molar refractivity (Wildman–Crippen MR) is 43.0 cm³/mol. The van der Waals surface area contributed by atoms with Crippen LogP contribution in [0, 0.1) is 0 Å². The number of carbonyl (C=O) groups excluding carboxylic acids is 1. The third kappa shape index (κ3) is 2.97. The number of hydrogen-bond acceptors (Lipinski definition) is 2. The van der Waals surface area contributed by atoms with Gasteiger partial charge in [-0.05, 0) is 27.7 Å². The summed E-state index contributed by atoms with van der Waals surface area (Å²) in [5.74, 6) is 0. The van der Waals surface area contributed by atoms with Crippen LogP contribution in [0.4, 0.5) is 0 Å². The Bertz CT molecular complexity index is 91.4. The Morgan fingerprint density at radius 3 is 1.70 bits per heavy atom. The number of hydrogen-bond donors (Lipinski definition) is 0. The van der Waals surface area contributed by atoms with Gasteiger partial charge in [-0.3, -0.25) is 4.90 Å². The van der Waals surface area contributed by atoms with Crippen LogP contribution in [0.25, 0.3) is 0 Å². The standard InChI is InChI=1S/C8H17NO/c1-7(2)9(5-6-10)8(3)4/h6-8H,5H2,1-4H3. The first-order valence-electron chi connectivity index (χ1n) is 3.79. The Hall–Kier alpha value is -0.370. The lowest BCUT2D eigenvalue weighted by Gasteiger charge is -2.27. The molecule has 0 aromatic heterocycles. The first-order chi connectivity index (χ1) is 4.59. The lowest BCUT2D eigenvalue weighted by atomic mass is 10.2. The summed E-state index contributed by atoms with van der Waals surface area (Å²) >= 11 is 0. The zero-order chi connectivity index (χ0) is 8.15. The second kappa shape index (κ2) is 4.45. The van der Waals surface area contributed by atoms with Gasteiger partial charge >= 0.3 is 0 Å². The fourth-order valence-electron chi connectivity index (χ4n) is 1.10. The molecule has 0 aliphatic carbocycles. The van der Waals surface area contributed by atoms with E-state index in [4.69, 9.17) is 0 Å². The van der Waals surface area contributed by atoms with Gasteiger partial charge in [0, 0.05) is 12.1 Å². The van der Waals surface area contributed by atoms with E-state index in [1.807, 2.05) is 0 Å². The van der Waals surface area contributed by atoms with Crippen LogP contribution in [-0.4, -0.2) is 29.8 Å². The number of carbonyl (C=O) groups is 1. The summed E-state index contributed by atoms with van der Waals surface area (Å²) < 4.78 is 0. The molecule has 2 heteroatoms. The van der Waals surface area contributed by atoms with Crippen LogP contribution in [0.1, 0.15) is 27.7 Å². The average molecular weight is 143 g/mol. The molecule has 10 heavy (non-hydrogen) atoms. The molecule has 0 radical (unpaired) electrons. The van der Waals surface area contributed by atoms with Gasteiger partial charge in [0.05, 0.1) is 6.54 Å². The maximum atomic E-state index is 10.2. The number of nitrogens with zero attached hydrogens (tertiary/aromatic N) is 1. The summed E-state index contributed by atoms with van der Waals surface area (Å²) in [6.45, 7) is 8.95. The molecule has 0 heterocycles. The van der Waals surface area contributed by atoms with E-state index in [-0.39, 0.29) is 0 Å². The van der Waals surface area contributed by atoms with Gasteiger partial charge < -0.3 is 4.79 Å². The van der Waals surface area contributed by atoms with E-state index in [9.17, 15) is 4.79 Å². The third-order valence-corrected chi connectivity index (χ3v) is 1.61. The van der Waals surface area contributed by atoms with Crippen molar-refractivity contribution in [2.45, 2.75) is 39.8 Å². The molecule has 0 N–H and O–H groups in total. The number of rotatable bonds is 4. The van der Waals surface area contributed by atoms with Crippen LogP contribution >= 0.6 is 0 Å². The van der Waals surface area contributed by atoms with Gasteiger partial charge in [0.1, 0.15) is 6.29 Å². The lowest BCUT2D eigenvalue weighted by molar-refractivity contribution is -0.109. The van der Waals surface area contributed by atoms with Gasteiger partial charge in [-0.15, -0.1) is 0 Å². The van der Waals surface area contributed by atoms with Gasteiger partial charge in [0.15, 0.2) is 0 Å². The molecule has 0 unspecified atom stereocenters. The summed E-state index contributed by atoms with van der Waals surface area (Å²) in [6.07, 6.45) is 0.958. The van der Waals surface area contributed by atoms with Gasteiger partial charge in [0.25, 0.3) is 0 Å². The highest BCUT2D eigenvalue weighted by atomic mass is 16.1. The molecule has 0 aliphatic heterocycles. The summed E-state index contributed by atoms with van der Waals surface area (Å²) in [5, 5.41) is 0. The Morgan fingerprint density at radius 2 is 1.60 bits per heavy atom. The zero-order valence-corrected chi connectivity index (χ0v) is 7.29. The minimum Gasteiger partial charge on any atom is -0.302 e. The second-order valence-corrected chi connectivity index (χ2v) is 3.05. The molecule has 60 valence electrons. The van der Waals surface area contributed by atoms with Crippen molar-refractivity contribution >= 4 is 6.29 Å². The molecule has 0 rings (SSSR count). The Kier molecular flexibility index (Phi) is 4.28. The molecule has 2 nitrogen and oxygen atoms in total.